The number of primary amides is 1. The number of amides is 3. The number of nitrogens with one attached hydrogen (secondary N) is 2. The lowest BCUT2D eigenvalue weighted by atomic mass is 10.1. The number of aliphatic carboxylic acids is 1. The van der Waals surface area contributed by atoms with Crippen molar-refractivity contribution in [2.24, 2.45) is 27.9 Å². The molecule has 0 spiro atoms. The van der Waals surface area contributed by atoms with Crippen molar-refractivity contribution >= 4 is 42.3 Å². The Bertz CT molecular complexity index is 568. The molecule has 13 heteroatoms. The molecule has 0 aromatic rings. The third kappa shape index (κ3) is 10.9. The van der Waals surface area contributed by atoms with Crippen molar-refractivity contribution < 1.29 is 24.3 Å². The minimum atomic E-state index is -1.28. The van der Waals surface area contributed by atoms with Crippen LogP contribution in [0.15, 0.2) is 4.99 Å². The van der Waals surface area contributed by atoms with Gasteiger partial charge in [-0.15, -0.1) is 0 Å². The van der Waals surface area contributed by atoms with Crippen LogP contribution in [-0.2, 0) is 19.2 Å². The fourth-order valence-corrected chi connectivity index (χ4v) is 2.19. The summed E-state index contributed by atoms with van der Waals surface area (Å²) in [6, 6.07) is -3.36. The maximum Gasteiger partial charge on any atom is 0.327 e. The van der Waals surface area contributed by atoms with E-state index in [2.05, 4.69) is 28.3 Å². The van der Waals surface area contributed by atoms with Crippen LogP contribution in [0, 0.1) is 0 Å². The van der Waals surface area contributed by atoms with E-state index in [-0.39, 0.29) is 37.5 Å². The Balaban J connectivity index is 4.84. The highest BCUT2D eigenvalue weighted by Crippen LogP contribution is 2.02. The third-order valence-electron chi connectivity index (χ3n) is 3.41. The summed E-state index contributed by atoms with van der Waals surface area (Å²) in [6.07, 6.45) is 0.399. The zero-order valence-corrected chi connectivity index (χ0v) is 15.7. The highest BCUT2D eigenvalue weighted by Gasteiger charge is 2.27. The topological polar surface area (TPSA) is 229 Å². The number of thiol groups is 1. The molecule has 0 aromatic heterocycles. The van der Waals surface area contributed by atoms with Crippen LogP contribution in [0.2, 0.25) is 0 Å². The van der Waals surface area contributed by atoms with Gasteiger partial charge in [0.05, 0.1) is 6.04 Å². The summed E-state index contributed by atoms with van der Waals surface area (Å²) in [5, 5.41) is 13.6. The summed E-state index contributed by atoms with van der Waals surface area (Å²) in [7, 11) is 0. The minimum absolute atomic E-state index is 0.0756. The van der Waals surface area contributed by atoms with Crippen molar-refractivity contribution in [1.82, 2.24) is 10.6 Å². The molecular weight excluding hydrogens is 378 g/mol. The fraction of sp³-hybridized carbons (Fsp3) is 0.643. The molecule has 3 unspecified atom stereocenters. The Labute approximate surface area is 161 Å². The Morgan fingerprint density at radius 1 is 1.00 bits per heavy atom. The number of nitrogens with two attached hydrogens (primary N) is 4. The number of hydrogen-bond acceptors (Lipinski definition) is 7. The van der Waals surface area contributed by atoms with E-state index in [0.29, 0.717) is 6.42 Å². The van der Waals surface area contributed by atoms with Crippen LogP contribution in [0.1, 0.15) is 25.7 Å². The van der Waals surface area contributed by atoms with Gasteiger partial charge in [0.2, 0.25) is 17.7 Å². The van der Waals surface area contributed by atoms with Gasteiger partial charge in [-0.2, -0.15) is 12.6 Å². The highest BCUT2D eigenvalue weighted by molar-refractivity contribution is 7.80. The first-order valence-corrected chi connectivity index (χ1v) is 8.75. The summed E-state index contributed by atoms with van der Waals surface area (Å²) in [5.41, 5.74) is 21.2. The second kappa shape index (κ2) is 12.8. The largest absolute Gasteiger partial charge is 0.480 e. The van der Waals surface area contributed by atoms with Gasteiger partial charge in [-0.25, -0.2) is 4.79 Å². The second-order valence-corrected chi connectivity index (χ2v) is 6.07. The molecule has 0 bridgehead atoms. The monoisotopic (exact) mass is 405 g/mol. The number of nitrogens with zero attached hydrogens (tertiary/aromatic N) is 1. The Morgan fingerprint density at radius 2 is 1.59 bits per heavy atom. The predicted octanol–water partition coefficient (Wildman–Crippen LogP) is -3.38. The van der Waals surface area contributed by atoms with Crippen molar-refractivity contribution in [3.63, 3.8) is 0 Å². The second-order valence-electron chi connectivity index (χ2n) is 5.70. The smallest absolute Gasteiger partial charge is 0.327 e. The summed E-state index contributed by atoms with van der Waals surface area (Å²) < 4.78 is 0. The molecule has 0 aliphatic heterocycles. The van der Waals surface area contributed by atoms with E-state index in [1.165, 1.54) is 0 Å². The maximum atomic E-state index is 12.3. The van der Waals surface area contributed by atoms with Crippen LogP contribution in [-0.4, -0.2) is 65.2 Å². The number of carboxylic acid groups (broad SMARTS) is 1. The van der Waals surface area contributed by atoms with Crippen LogP contribution < -0.4 is 33.6 Å². The standard InChI is InChI=1S/C14H27N7O5S/c15-7(2-1-5-19-14(17)18)11(23)20-8(3-4-10(16)22)12(24)21-9(6-27)13(25)26/h7-9,27H,1-6,15H2,(H2,16,22)(H,20,23)(H,21,24)(H,25,26)(H4,17,18,19). The van der Waals surface area contributed by atoms with Crippen molar-refractivity contribution in [2.45, 2.75) is 43.8 Å². The molecule has 0 aromatic carbocycles. The molecule has 11 N–H and O–H groups in total. The molecule has 0 saturated carbocycles. The molecule has 27 heavy (non-hydrogen) atoms. The predicted molar refractivity (Wildman–Crippen MR) is 102 cm³/mol. The Kier molecular flexibility index (Phi) is 11.6. The van der Waals surface area contributed by atoms with E-state index in [1.807, 2.05) is 0 Å². The van der Waals surface area contributed by atoms with Gasteiger partial charge in [0.25, 0.3) is 0 Å². The number of aliphatic imine (C=N–C) groups is 1. The number of hydrogen-bond donors (Lipinski definition) is 8. The van der Waals surface area contributed by atoms with E-state index in [9.17, 15) is 19.2 Å². The van der Waals surface area contributed by atoms with Crippen molar-refractivity contribution in [3.8, 4) is 0 Å². The van der Waals surface area contributed by atoms with E-state index < -0.39 is 41.8 Å². The van der Waals surface area contributed by atoms with Crippen molar-refractivity contribution in [1.29, 1.82) is 0 Å². The normalized spacial score (nSPS) is 13.7. The van der Waals surface area contributed by atoms with Gasteiger partial charge in [-0.1, -0.05) is 0 Å². The van der Waals surface area contributed by atoms with Crippen LogP contribution in [0.5, 0.6) is 0 Å². The molecule has 0 aliphatic rings. The minimum Gasteiger partial charge on any atom is -0.480 e. The van der Waals surface area contributed by atoms with Crippen molar-refractivity contribution in [2.75, 3.05) is 12.3 Å². The van der Waals surface area contributed by atoms with E-state index in [0.717, 1.165) is 0 Å². The van der Waals surface area contributed by atoms with Gasteiger partial charge < -0.3 is 38.7 Å². The average molecular weight is 405 g/mol. The van der Waals surface area contributed by atoms with Crippen LogP contribution in [0.3, 0.4) is 0 Å². The van der Waals surface area contributed by atoms with E-state index >= 15 is 0 Å². The van der Waals surface area contributed by atoms with E-state index in [1.54, 1.807) is 0 Å². The maximum absolute atomic E-state index is 12.3. The zero-order valence-electron chi connectivity index (χ0n) is 14.8. The quantitative estimate of drug-likeness (QED) is 0.0665. The van der Waals surface area contributed by atoms with Gasteiger partial charge >= 0.3 is 5.97 Å². The molecule has 0 radical (unpaired) electrons. The highest BCUT2D eigenvalue weighted by atomic mass is 32.1. The number of guanidine groups is 1. The number of rotatable bonds is 13. The first-order valence-electron chi connectivity index (χ1n) is 8.12. The molecule has 0 rings (SSSR count). The molecule has 0 aliphatic carbocycles. The Morgan fingerprint density at radius 3 is 2.07 bits per heavy atom. The summed E-state index contributed by atoms with van der Waals surface area (Å²) in [4.78, 5) is 50.2. The molecule has 12 nitrogen and oxygen atoms in total. The molecule has 3 amide bonds. The number of carboxylic acids is 1. The lowest BCUT2D eigenvalue weighted by molar-refractivity contribution is -0.141. The summed E-state index contributed by atoms with van der Waals surface area (Å²) >= 11 is 3.84. The van der Waals surface area contributed by atoms with Crippen molar-refractivity contribution in [3.05, 3.63) is 0 Å². The average Bonchev–Trinajstić information content (AvgIpc) is 2.58. The first-order chi connectivity index (χ1) is 12.6. The van der Waals surface area contributed by atoms with Gasteiger partial charge in [0.1, 0.15) is 12.1 Å². The summed E-state index contributed by atoms with van der Waals surface area (Å²) in [6.45, 7) is 0.289. The SMILES string of the molecule is NC(=O)CCC(NC(=O)C(N)CCCN=C(N)N)C(=O)NC(CS)C(=O)O. The Hall–Kier alpha value is -2.54. The van der Waals surface area contributed by atoms with E-state index in [4.69, 9.17) is 28.0 Å². The third-order valence-corrected chi connectivity index (χ3v) is 3.78. The molecule has 0 fully saturated rings. The zero-order chi connectivity index (χ0) is 21.0. The summed E-state index contributed by atoms with van der Waals surface area (Å²) in [5.74, 6) is -3.60. The van der Waals surface area contributed by atoms with Crippen LogP contribution >= 0.6 is 12.6 Å². The molecule has 0 heterocycles. The van der Waals surface area contributed by atoms with Gasteiger partial charge in [0.15, 0.2) is 5.96 Å². The fourth-order valence-electron chi connectivity index (χ4n) is 1.94. The van der Waals surface area contributed by atoms with Crippen LogP contribution in [0.25, 0.3) is 0 Å². The number of carbonyl (C=O) groups excluding carboxylic acids is 3. The molecular formula is C14H27N7O5S. The molecule has 154 valence electrons. The molecule has 3 atom stereocenters. The molecule has 0 saturated heterocycles. The van der Waals surface area contributed by atoms with Gasteiger partial charge in [0, 0.05) is 18.7 Å². The van der Waals surface area contributed by atoms with Gasteiger partial charge in [-0.3, -0.25) is 19.4 Å². The van der Waals surface area contributed by atoms with Gasteiger partial charge in [-0.05, 0) is 19.3 Å². The lowest BCUT2D eigenvalue weighted by Crippen LogP contribution is -2.55. The van der Waals surface area contributed by atoms with Crippen LogP contribution in [0.4, 0.5) is 0 Å². The first kappa shape index (κ1) is 24.5. The lowest BCUT2D eigenvalue weighted by Gasteiger charge is -2.22. The number of carbonyl (C=O) groups is 4.